The number of aromatic nitrogens is 2. The summed E-state index contributed by atoms with van der Waals surface area (Å²) < 4.78 is 23.0. The standard InChI is InChI=1S/C31H36N5O5S/c1-4-40-30(38)25-14-22(25)16-35-11-12-36(29(37)21-9-6-10-24(13-21)42-39)18-23(17-35)41-27-15-26(33-31(32)34-27)28-19(2)7-5-8-20(28)3/h5-10,13,15,22-23,25H,4,11-12,14,16-18H2,1-3H3,(H2,32,33,34)/q+1/t22?,23-,25?/m1/s1. The van der Waals surface area contributed by atoms with Gasteiger partial charge >= 0.3 is 17.6 Å². The monoisotopic (exact) mass is 590 g/mol. The van der Waals surface area contributed by atoms with Crippen molar-refractivity contribution in [3.63, 3.8) is 0 Å². The molecule has 0 bridgehead atoms. The molecule has 0 radical (unpaired) electrons. The summed E-state index contributed by atoms with van der Waals surface area (Å²) in [5.74, 6) is 0.247. The van der Waals surface area contributed by atoms with Gasteiger partial charge in [-0.15, -0.1) is 0 Å². The molecule has 0 spiro atoms. The zero-order chi connectivity index (χ0) is 29.8. The number of benzene rings is 2. The van der Waals surface area contributed by atoms with E-state index in [4.69, 9.17) is 15.2 Å². The highest BCUT2D eigenvalue weighted by Crippen LogP contribution is 2.40. The first-order valence-electron chi connectivity index (χ1n) is 14.2. The highest BCUT2D eigenvalue weighted by Gasteiger charge is 2.45. The quantitative estimate of drug-likeness (QED) is 0.294. The molecule has 5 rings (SSSR count). The Morgan fingerprint density at radius 1 is 1.05 bits per heavy atom. The van der Waals surface area contributed by atoms with Crippen LogP contribution < -0.4 is 10.5 Å². The van der Waals surface area contributed by atoms with Crippen molar-refractivity contribution in [1.29, 1.82) is 0 Å². The molecule has 2 heterocycles. The first kappa shape index (κ1) is 29.5. The van der Waals surface area contributed by atoms with Gasteiger partial charge in [-0.2, -0.15) is 4.98 Å². The Hall–Kier alpha value is -3.96. The molecule has 1 aliphatic carbocycles. The average molecular weight is 591 g/mol. The Labute approximate surface area is 249 Å². The van der Waals surface area contributed by atoms with E-state index >= 15 is 0 Å². The summed E-state index contributed by atoms with van der Waals surface area (Å²) in [5, 5.41) is 0. The third kappa shape index (κ3) is 6.91. The van der Waals surface area contributed by atoms with Crippen LogP contribution in [0, 0.1) is 25.7 Å². The molecule has 220 valence electrons. The fraction of sp³-hybridized carbons (Fsp3) is 0.419. The molecule has 10 nitrogen and oxygen atoms in total. The van der Waals surface area contributed by atoms with Crippen LogP contribution in [0.25, 0.3) is 11.3 Å². The van der Waals surface area contributed by atoms with Crippen molar-refractivity contribution in [2.24, 2.45) is 11.8 Å². The van der Waals surface area contributed by atoms with E-state index in [0.29, 0.717) is 73.0 Å². The normalized spacial score (nSPS) is 20.5. The molecule has 11 heteroatoms. The van der Waals surface area contributed by atoms with E-state index in [1.807, 2.05) is 39.0 Å². The number of carbonyl (C=O) groups is 2. The first-order chi connectivity index (χ1) is 20.2. The molecule has 2 N–H and O–H groups in total. The van der Waals surface area contributed by atoms with E-state index in [1.165, 1.54) is 0 Å². The number of anilines is 1. The Balaban J connectivity index is 1.39. The van der Waals surface area contributed by atoms with Gasteiger partial charge in [-0.05, 0) is 50.3 Å². The number of rotatable bonds is 9. The van der Waals surface area contributed by atoms with E-state index in [2.05, 4.69) is 14.9 Å². The van der Waals surface area contributed by atoms with Gasteiger partial charge in [0.05, 0.1) is 24.8 Å². The van der Waals surface area contributed by atoms with Gasteiger partial charge in [0.1, 0.15) is 6.10 Å². The maximum absolute atomic E-state index is 13.6. The predicted octanol–water partition coefficient (Wildman–Crippen LogP) is 3.53. The summed E-state index contributed by atoms with van der Waals surface area (Å²) in [6.07, 6.45) is 0.374. The summed E-state index contributed by atoms with van der Waals surface area (Å²) in [6, 6.07) is 14.6. The molecule has 42 heavy (non-hydrogen) atoms. The second-order valence-electron chi connectivity index (χ2n) is 10.9. The minimum atomic E-state index is -0.423. The molecule has 2 aliphatic rings. The smallest absolute Gasteiger partial charge is 0.471 e. The zero-order valence-corrected chi connectivity index (χ0v) is 24.9. The second-order valence-corrected chi connectivity index (χ2v) is 11.6. The lowest BCUT2D eigenvalue weighted by Gasteiger charge is -2.25. The number of ether oxygens (including phenoxy) is 2. The van der Waals surface area contributed by atoms with Crippen molar-refractivity contribution in [3.05, 3.63) is 65.2 Å². The van der Waals surface area contributed by atoms with Crippen LogP contribution in [-0.2, 0) is 25.4 Å². The van der Waals surface area contributed by atoms with Crippen LogP contribution in [0.4, 0.5) is 5.95 Å². The molecule has 3 aromatic rings. The van der Waals surface area contributed by atoms with Crippen LogP contribution in [0.2, 0.25) is 0 Å². The third-order valence-corrected chi connectivity index (χ3v) is 8.23. The van der Waals surface area contributed by atoms with Gasteiger partial charge in [0, 0.05) is 59.7 Å². The number of nitrogens with two attached hydrogens (primary N) is 1. The summed E-state index contributed by atoms with van der Waals surface area (Å²) in [5.41, 5.74) is 10.4. The van der Waals surface area contributed by atoms with Crippen LogP contribution >= 0.6 is 0 Å². The molecular formula is C31H36N5O5S+. The molecule has 1 aromatic heterocycles. The largest absolute Gasteiger partial charge is 0.505 e. The SMILES string of the molecule is CCOC(=O)C1CC1CN1CCN(C(=O)c2cccc([S+]=O)c2)C[C@H](Oc2cc(-c3c(C)cccc3C)nc(N)n2)C1. The van der Waals surface area contributed by atoms with E-state index in [-0.39, 0.29) is 29.7 Å². The van der Waals surface area contributed by atoms with Crippen molar-refractivity contribution >= 4 is 29.5 Å². The number of aryl methyl sites for hydroxylation is 2. The van der Waals surface area contributed by atoms with Crippen LogP contribution in [-0.4, -0.2) is 77.1 Å². The van der Waals surface area contributed by atoms with Crippen molar-refractivity contribution in [3.8, 4) is 17.1 Å². The minimum Gasteiger partial charge on any atom is -0.471 e. The third-order valence-electron chi connectivity index (χ3n) is 7.79. The molecule has 3 atom stereocenters. The summed E-state index contributed by atoms with van der Waals surface area (Å²) >= 11 is 0.359. The predicted molar refractivity (Wildman–Crippen MR) is 159 cm³/mol. The topological polar surface area (TPSA) is 128 Å². The highest BCUT2D eigenvalue weighted by atomic mass is 32.1. The Morgan fingerprint density at radius 3 is 2.55 bits per heavy atom. The van der Waals surface area contributed by atoms with E-state index in [1.54, 1.807) is 35.2 Å². The maximum Gasteiger partial charge on any atom is 0.505 e. The molecule has 2 fully saturated rings. The number of nitrogens with zero attached hydrogens (tertiary/aromatic N) is 4. The zero-order valence-electron chi connectivity index (χ0n) is 24.1. The number of carbonyl (C=O) groups excluding carboxylic acids is 2. The van der Waals surface area contributed by atoms with E-state index in [9.17, 15) is 13.8 Å². The van der Waals surface area contributed by atoms with Gasteiger partial charge in [-0.25, -0.2) is 4.98 Å². The average Bonchev–Trinajstić information content (AvgIpc) is 3.76. The van der Waals surface area contributed by atoms with Gasteiger partial charge in [0.2, 0.25) is 11.8 Å². The molecular weight excluding hydrogens is 554 g/mol. The van der Waals surface area contributed by atoms with Gasteiger partial charge in [0.15, 0.2) is 0 Å². The molecule has 2 unspecified atom stereocenters. The number of hydrogen-bond donors (Lipinski definition) is 1. The molecule has 2 aromatic carbocycles. The molecule has 1 aliphatic heterocycles. The molecule has 1 amide bonds. The molecule has 1 saturated carbocycles. The fourth-order valence-corrected chi connectivity index (χ4v) is 5.97. The van der Waals surface area contributed by atoms with Crippen LogP contribution in [0.15, 0.2) is 53.4 Å². The van der Waals surface area contributed by atoms with Crippen molar-refractivity contribution in [2.75, 3.05) is 45.1 Å². The second kappa shape index (κ2) is 12.9. The van der Waals surface area contributed by atoms with E-state index < -0.39 is 6.10 Å². The van der Waals surface area contributed by atoms with Crippen molar-refractivity contribution in [1.82, 2.24) is 19.8 Å². The summed E-state index contributed by atoms with van der Waals surface area (Å²) in [7, 11) is 0. The Morgan fingerprint density at radius 2 is 1.81 bits per heavy atom. The van der Waals surface area contributed by atoms with Crippen molar-refractivity contribution < 1.29 is 23.3 Å². The lowest BCUT2D eigenvalue weighted by atomic mass is 10.00. The van der Waals surface area contributed by atoms with Crippen LogP contribution in [0.5, 0.6) is 5.88 Å². The Bertz CT molecular complexity index is 1460. The van der Waals surface area contributed by atoms with Gasteiger partial charge < -0.3 is 20.1 Å². The van der Waals surface area contributed by atoms with Gasteiger partial charge in [-0.1, -0.05) is 24.3 Å². The number of amides is 1. The lowest BCUT2D eigenvalue weighted by molar-refractivity contribution is -0.145. The van der Waals surface area contributed by atoms with Gasteiger partial charge in [-0.3, -0.25) is 14.5 Å². The number of hydrogen-bond acceptors (Lipinski definition) is 9. The number of nitrogen functional groups attached to an aromatic ring is 1. The van der Waals surface area contributed by atoms with Crippen LogP contribution in [0.1, 0.15) is 34.8 Å². The van der Waals surface area contributed by atoms with Gasteiger partial charge in [0.25, 0.3) is 10.8 Å². The van der Waals surface area contributed by atoms with Crippen molar-refractivity contribution in [2.45, 2.75) is 38.2 Å². The lowest BCUT2D eigenvalue weighted by Crippen LogP contribution is -2.40. The van der Waals surface area contributed by atoms with Crippen LogP contribution in [0.3, 0.4) is 0 Å². The highest BCUT2D eigenvalue weighted by molar-refractivity contribution is 7.65. The summed E-state index contributed by atoms with van der Waals surface area (Å²) in [4.78, 5) is 39.1. The molecule has 1 saturated heterocycles. The Kier molecular flexibility index (Phi) is 9.08. The minimum absolute atomic E-state index is 0.0841. The number of esters is 1. The summed E-state index contributed by atoms with van der Waals surface area (Å²) in [6.45, 7) is 8.88. The van der Waals surface area contributed by atoms with E-state index in [0.717, 1.165) is 23.1 Å². The fourth-order valence-electron chi connectivity index (χ4n) is 5.66. The first-order valence-corrected chi connectivity index (χ1v) is 15.0. The maximum atomic E-state index is 13.6.